The molecule has 1 nitrogen and oxygen atoms in total. The number of rotatable bonds is 33. The molecule has 0 aliphatic carbocycles. The second-order valence-corrected chi connectivity index (χ2v) is 12.3. The second kappa shape index (κ2) is 34.4. The van der Waals surface area contributed by atoms with Gasteiger partial charge >= 0.3 is 0 Å². The Morgan fingerprint density at radius 3 is 0.868 bits per heavy atom. The largest absolute Gasteiger partial charge is 0.300 e. The van der Waals surface area contributed by atoms with E-state index in [1.807, 2.05) is 0 Å². The first-order valence-electron chi connectivity index (χ1n) is 18.0. The SMILES string of the molecule is CCCCCCCC/C=C\CCCCCCCCC(=O)CCCCCCCCCCCCCCCCCC. The first-order chi connectivity index (χ1) is 18.8. The van der Waals surface area contributed by atoms with Crippen LogP contribution in [0, 0.1) is 0 Å². The maximum Gasteiger partial charge on any atom is 0.132 e. The Morgan fingerprint density at radius 2 is 0.579 bits per heavy atom. The zero-order valence-corrected chi connectivity index (χ0v) is 26.7. The summed E-state index contributed by atoms with van der Waals surface area (Å²) in [6, 6.07) is 0. The molecule has 0 radical (unpaired) electrons. The molecule has 0 aromatic carbocycles. The number of unbranched alkanes of at least 4 members (excludes halogenated alkanes) is 27. The van der Waals surface area contributed by atoms with Gasteiger partial charge in [-0.05, 0) is 38.5 Å². The van der Waals surface area contributed by atoms with Crippen molar-refractivity contribution in [3.05, 3.63) is 12.2 Å². The lowest BCUT2D eigenvalue weighted by Gasteiger charge is -2.04. The fourth-order valence-corrected chi connectivity index (χ4v) is 5.56. The van der Waals surface area contributed by atoms with Crippen LogP contribution in [0.15, 0.2) is 12.2 Å². The van der Waals surface area contributed by atoms with E-state index in [-0.39, 0.29) is 0 Å². The molecule has 0 aromatic rings. The van der Waals surface area contributed by atoms with E-state index in [9.17, 15) is 4.79 Å². The number of hydrogen-bond donors (Lipinski definition) is 0. The van der Waals surface area contributed by atoms with Crippen molar-refractivity contribution in [1.29, 1.82) is 0 Å². The van der Waals surface area contributed by atoms with Crippen LogP contribution >= 0.6 is 0 Å². The molecule has 0 heterocycles. The van der Waals surface area contributed by atoms with E-state index >= 15 is 0 Å². The molecule has 0 bridgehead atoms. The molecule has 0 atom stereocenters. The molecular formula is C37H72O. The van der Waals surface area contributed by atoms with Crippen molar-refractivity contribution in [2.75, 3.05) is 0 Å². The highest BCUT2D eigenvalue weighted by Gasteiger charge is 2.02. The smallest absolute Gasteiger partial charge is 0.132 e. The van der Waals surface area contributed by atoms with Gasteiger partial charge in [-0.3, -0.25) is 4.79 Å². The van der Waals surface area contributed by atoms with Crippen molar-refractivity contribution in [2.24, 2.45) is 0 Å². The first-order valence-corrected chi connectivity index (χ1v) is 18.0. The third kappa shape index (κ3) is 33.4. The topological polar surface area (TPSA) is 17.1 Å². The number of ketones is 1. The van der Waals surface area contributed by atoms with E-state index in [2.05, 4.69) is 26.0 Å². The van der Waals surface area contributed by atoms with Crippen molar-refractivity contribution >= 4 is 5.78 Å². The van der Waals surface area contributed by atoms with E-state index in [4.69, 9.17) is 0 Å². The summed E-state index contributed by atoms with van der Waals surface area (Å²) >= 11 is 0. The molecule has 0 N–H and O–H groups in total. The monoisotopic (exact) mass is 533 g/mol. The average molecular weight is 533 g/mol. The zero-order chi connectivity index (χ0) is 27.6. The van der Waals surface area contributed by atoms with Gasteiger partial charge in [0, 0.05) is 12.8 Å². The third-order valence-corrected chi connectivity index (χ3v) is 8.28. The number of Topliss-reactive ketones (excluding diaryl/α,β-unsaturated/α-hetero) is 1. The molecule has 0 unspecified atom stereocenters. The molecule has 0 saturated heterocycles. The van der Waals surface area contributed by atoms with Gasteiger partial charge in [-0.1, -0.05) is 180 Å². The highest BCUT2D eigenvalue weighted by Crippen LogP contribution is 2.15. The standard InChI is InChI=1S/C37H72O/c1-3-5-7-9-11-13-15-17-19-21-23-25-27-29-31-33-35-37(38)36-34-32-30-28-26-24-22-20-18-16-14-12-10-8-6-4-2/h17,19H,3-16,18,20-36H2,1-2H3/b19-17-. The van der Waals surface area contributed by atoms with Crippen LogP contribution in [0.3, 0.4) is 0 Å². The minimum atomic E-state index is 0.519. The van der Waals surface area contributed by atoms with E-state index in [1.54, 1.807) is 0 Å². The fraction of sp³-hybridized carbons (Fsp3) is 0.919. The molecular weight excluding hydrogens is 460 g/mol. The fourth-order valence-electron chi connectivity index (χ4n) is 5.56. The summed E-state index contributed by atoms with van der Waals surface area (Å²) in [5.74, 6) is 0.519. The third-order valence-electron chi connectivity index (χ3n) is 8.28. The average Bonchev–Trinajstić information content (AvgIpc) is 2.92. The summed E-state index contributed by atoms with van der Waals surface area (Å²) in [4.78, 5) is 12.1. The molecule has 0 aromatic heterocycles. The molecule has 0 saturated carbocycles. The van der Waals surface area contributed by atoms with Gasteiger partial charge in [-0.15, -0.1) is 0 Å². The van der Waals surface area contributed by atoms with Crippen LogP contribution in [-0.2, 0) is 4.79 Å². The van der Waals surface area contributed by atoms with Gasteiger partial charge in [0.2, 0.25) is 0 Å². The summed E-state index contributed by atoms with van der Waals surface area (Å²) < 4.78 is 0. The molecule has 0 aliphatic rings. The van der Waals surface area contributed by atoms with E-state index < -0.39 is 0 Å². The molecule has 1 heteroatoms. The van der Waals surface area contributed by atoms with Crippen LogP contribution in [0.25, 0.3) is 0 Å². The molecule has 0 amide bonds. The van der Waals surface area contributed by atoms with Gasteiger partial charge in [0.1, 0.15) is 5.78 Å². The molecule has 0 rings (SSSR count). The maximum absolute atomic E-state index is 12.1. The Balaban J connectivity index is 3.18. The summed E-state index contributed by atoms with van der Waals surface area (Å²) in [6.45, 7) is 4.58. The van der Waals surface area contributed by atoms with Crippen molar-refractivity contribution in [3.8, 4) is 0 Å². The minimum absolute atomic E-state index is 0.519. The molecule has 0 fully saturated rings. The Kier molecular flexibility index (Phi) is 33.9. The van der Waals surface area contributed by atoms with E-state index in [0.29, 0.717) is 5.78 Å². The number of carbonyl (C=O) groups is 1. The quantitative estimate of drug-likeness (QED) is 0.0606. The lowest BCUT2D eigenvalue weighted by molar-refractivity contribution is -0.119. The summed E-state index contributed by atoms with van der Waals surface area (Å²) in [6.07, 6.45) is 47.4. The van der Waals surface area contributed by atoms with Crippen LogP contribution < -0.4 is 0 Å². The molecule has 0 spiro atoms. The normalized spacial score (nSPS) is 11.6. The minimum Gasteiger partial charge on any atom is -0.300 e. The van der Waals surface area contributed by atoms with Crippen LogP contribution in [0.2, 0.25) is 0 Å². The van der Waals surface area contributed by atoms with E-state index in [0.717, 1.165) is 25.7 Å². The molecule has 226 valence electrons. The van der Waals surface area contributed by atoms with Crippen molar-refractivity contribution in [2.45, 2.75) is 219 Å². The Bertz CT molecular complexity index is 465. The van der Waals surface area contributed by atoms with Crippen LogP contribution in [0.1, 0.15) is 219 Å². The predicted octanol–water partition coefficient (Wildman–Crippen LogP) is 13.6. The Labute approximate surface area is 241 Å². The van der Waals surface area contributed by atoms with Crippen LogP contribution in [0.4, 0.5) is 0 Å². The Morgan fingerprint density at radius 1 is 0.342 bits per heavy atom. The van der Waals surface area contributed by atoms with Crippen LogP contribution in [0.5, 0.6) is 0 Å². The number of hydrogen-bond acceptors (Lipinski definition) is 1. The zero-order valence-electron chi connectivity index (χ0n) is 26.7. The lowest BCUT2D eigenvalue weighted by atomic mass is 10.0. The van der Waals surface area contributed by atoms with Crippen molar-refractivity contribution in [1.82, 2.24) is 0 Å². The van der Waals surface area contributed by atoms with E-state index in [1.165, 1.54) is 180 Å². The summed E-state index contributed by atoms with van der Waals surface area (Å²) in [7, 11) is 0. The highest BCUT2D eigenvalue weighted by molar-refractivity contribution is 5.78. The summed E-state index contributed by atoms with van der Waals surface area (Å²) in [5.41, 5.74) is 0. The highest BCUT2D eigenvalue weighted by atomic mass is 16.1. The first kappa shape index (κ1) is 37.4. The van der Waals surface area contributed by atoms with Crippen molar-refractivity contribution < 1.29 is 4.79 Å². The molecule has 38 heavy (non-hydrogen) atoms. The van der Waals surface area contributed by atoms with Gasteiger partial charge in [-0.2, -0.15) is 0 Å². The van der Waals surface area contributed by atoms with Gasteiger partial charge in [-0.25, -0.2) is 0 Å². The Hall–Kier alpha value is -0.590. The lowest BCUT2D eigenvalue weighted by Crippen LogP contribution is -1.97. The van der Waals surface area contributed by atoms with Gasteiger partial charge < -0.3 is 0 Å². The van der Waals surface area contributed by atoms with Gasteiger partial charge in [0.15, 0.2) is 0 Å². The maximum atomic E-state index is 12.1. The van der Waals surface area contributed by atoms with Gasteiger partial charge in [0.05, 0.1) is 0 Å². The summed E-state index contributed by atoms with van der Waals surface area (Å²) in [5, 5.41) is 0. The second-order valence-electron chi connectivity index (χ2n) is 12.3. The van der Waals surface area contributed by atoms with Crippen molar-refractivity contribution in [3.63, 3.8) is 0 Å². The molecule has 0 aliphatic heterocycles. The number of allylic oxidation sites excluding steroid dienone is 2. The number of carbonyl (C=O) groups excluding carboxylic acids is 1. The predicted molar refractivity (Wildman–Crippen MR) is 173 cm³/mol. The van der Waals surface area contributed by atoms with Gasteiger partial charge in [0.25, 0.3) is 0 Å². The van der Waals surface area contributed by atoms with Crippen LogP contribution in [-0.4, -0.2) is 5.78 Å².